The van der Waals surface area contributed by atoms with E-state index in [1.54, 1.807) is 0 Å². The fourth-order valence-electron chi connectivity index (χ4n) is 0.388. The molecular formula is C9H12O12Sc2. The Balaban J connectivity index is -0.0000000675. The largest absolute Gasteiger partial charge is 0.481 e. The van der Waals surface area contributed by atoms with Crippen LogP contribution in [0.1, 0.15) is 19.3 Å². The van der Waals surface area contributed by atoms with E-state index in [1.165, 1.54) is 0 Å². The van der Waals surface area contributed by atoms with Gasteiger partial charge in [0.15, 0.2) is 0 Å². The van der Waals surface area contributed by atoms with Gasteiger partial charge in [0.05, 0.1) is 0 Å². The third-order valence-electron chi connectivity index (χ3n) is 0.907. The first kappa shape index (κ1) is 33.2. The Kier molecular flexibility index (Phi) is 29.7. The van der Waals surface area contributed by atoms with E-state index < -0.39 is 55.1 Å². The second kappa shape index (κ2) is 20.6. The van der Waals surface area contributed by atoms with Gasteiger partial charge in [0.2, 0.25) is 0 Å². The van der Waals surface area contributed by atoms with Crippen molar-refractivity contribution in [2.24, 2.45) is 0 Å². The quantitative estimate of drug-likeness (QED) is 0.283. The summed E-state index contributed by atoms with van der Waals surface area (Å²) in [4.78, 5) is 56.6. The molecule has 2 radical (unpaired) electrons. The van der Waals surface area contributed by atoms with E-state index >= 15 is 0 Å². The van der Waals surface area contributed by atoms with Gasteiger partial charge in [-0.1, -0.05) is 0 Å². The zero-order valence-corrected chi connectivity index (χ0v) is 15.0. The summed E-state index contributed by atoms with van der Waals surface area (Å²) in [5.41, 5.74) is 0. The molecule has 0 aromatic rings. The molecule has 12 nitrogen and oxygen atoms in total. The number of carboxylic acid groups (broad SMARTS) is 6. The number of carbonyl (C=O) groups is 6. The molecule has 0 spiro atoms. The van der Waals surface area contributed by atoms with Crippen molar-refractivity contribution < 1.29 is 111 Å². The molecule has 0 aliphatic rings. The number of aliphatic carboxylic acids is 6. The van der Waals surface area contributed by atoms with Crippen molar-refractivity contribution in [3.63, 3.8) is 0 Å². The van der Waals surface area contributed by atoms with Gasteiger partial charge >= 0.3 is 35.8 Å². The third kappa shape index (κ3) is 63.5. The SMILES string of the molecule is O=C(O)CC(=O)O.O=C(O)CC(=O)O.O=C(O)CC(=O)O.[Sc].[Sc]. The van der Waals surface area contributed by atoms with Gasteiger partial charge in [0.1, 0.15) is 19.3 Å². The van der Waals surface area contributed by atoms with Crippen LogP contribution in [0.15, 0.2) is 0 Å². The molecule has 0 rings (SSSR count). The average Bonchev–Trinajstić information content (AvgIpc) is 2.10. The van der Waals surface area contributed by atoms with E-state index in [0.717, 1.165) is 0 Å². The minimum absolute atomic E-state index is 0. The summed E-state index contributed by atoms with van der Waals surface area (Å²) in [5.74, 6) is -7.88. The number of carboxylic acids is 6. The van der Waals surface area contributed by atoms with Crippen LogP contribution in [-0.4, -0.2) is 66.5 Å². The third-order valence-corrected chi connectivity index (χ3v) is 0.907. The van der Waals surface area contributed by atoms with Crippen LogP contribution in [0.2, 0.25) is 0 Å². The predicted octanol–water partition coefficient (Wildman–Crippen LogP) is -1.37. The van der Waals surface area contributed by atoms with Gasteiger partial charge in [-0.25, -0.2) is 0 Å². The molecule has 0 heterocycles. The van der Waals surface area contributed by atoms with Crippen LogP contribution < -0.4 is 0 Å². The summed E-state index contributed by atoms with van der Waals surface area (Å²) < 4.78 is 0. The molecule has 0 aliphatic heterocycles. The molecule has 23 heavy (non-hydrogen) atoms. The van der Waals surface area contributed by atoms with E-state index in [4.69, 9.17) is 30.6 Å². The van der Waals surface area contributed by atoms with Gasteiger partial charge in [-0.15, -0.1) is 0 Å². The minimum atomic E-state index is -1.31. The summed E-state index contributed by atoms with van der Waals surface area (Å²) in [6, 6.07) is 0. The van der Waals surface area contributed by atoms with Gasteiger partial charge in [-0.05, 0) is 0 Å². The molecule has 0 fully saturated rings. The van der Waals surface area contributed by atoms with E-state index in [2.05, 4.69) is 0 Å². The number of hydrogen-bond donors (Lipinski definition) is 6. The number of rotatable bonds is 6. The first-order valence-electron chi connectivity index (χ1n) is 4.69. The van der Waals surface area contributed by atoms with Crippen molar-refractivity contribution in [1.29, 1.82) is 0 Å². The molecular weight excluding hydrogens is 390 g/mol. The topological polar surface area (TPSA) is 224 Å². The molecule has 0 saturated heterocycles. The maximum absolute atomic E-state index is 9.43. The standard InChI is InChI=1S/3C3H4O4.2Sc/c3*4-2(5)1-3(6)7;;/h3*1H2,(H,4,5)(H,6,7);;. The summed E-state index contributed by atoms with van der Waals surface area (Å²) in [7, 11) is 0. The van der Waals surface area contributed by atoms with Crippen molar-refractivity contribution in [1.82, 2.24) is 0 Å². The molecule has 126 valence electrons. The Labute approximate surface area is 165 Å². The molecule has 0 bridgehead atoms. The molecule has 0 atom stereocenters. The van der Waals surface area contributed by atoms with Gasteiger partial charge in [-0.3, -0.25) is 28.8 Å². The Morgan fingerprint density at radius 2 is 0.478 bits per heavy atom. The fourth-order valence-corrected chi connectivity index (χ4v) is 0.388. The molecule has 0 aromatic carbocycles. The monoisotopic (exact) mass is 402 g/mol. The van der Waals surface area contributed by atoms with Crippen LogP contribution in [0.25, 0.3) is 0 Å². The first-order valence-corrected chi connectivity index (χ1v) is 4.69. The maximum Gasteiger partial charge on any atom is 0.314 e. The van der Waals surface area contributed by atoms with Gasteiger partial charge in [-0.2, -0.15) is 0 Å². The van der Waals surface area contributed by atoms with Gasteiger partial charge in [0, 0.05) is 51.7 Å². The zero-order valence-electron chi connectivity index (χ0n) is 11.4. The zero-order chi connectivity index (χ0) is 17.6. The van der Waals surface area contributed by atoms with Crippen molar-refractivity contribution in [3.05, 3.63) is 0 Å². The Hall–Kier alpha value is -1.44. The Morgan fingerprint density at radius 3 is 0.478 bits per heavy atom. The maximum atomic E-state index is 9.43. The second-order valence-corrected chi connectivity index (χ2v) is 2.89. The second-order valence-electron chi connectivity index (χ2n) is 2.89. The first-order chi connectivity index (χ1) is 9.38. The van der Waals surface area contributed by atoms with E-state index in [-0.39, 0.29) is 51.7 Å². The van der Waals surface area contributed by atoms with E-state index in [1.807, 2.05) is 0 Å². The van der Waals surface area contributed by atoms with Crippen LogP contribution in [-0.2, 0) is 80.5 Å². The van der Waals surface area contributed by atoms with Gasteiger partial charge < -0.3 is 30.6 Å². The molecule has 0 saturated carbocycles. The summed E-state index contributed by atoms with van der Waals surface area (Å²) in [6.07, 6.45) is -2.42. The van der Waals surface area contributed by atoms with E-state index in [0.29, 0.717) is 0 Å². The van der Waals surface area contributed by atoms with Crippen LogP contribution in [0, 0.1) is 0 Å². The molecule has 14 heteroatoms. The van der Waals surface area contributed by atoms with E-state index in [9.17, 15) is 28.8 Å². The molecule has 0 unspecified atom stereocenters. The summed E-state index contributed by atoms with van der Waals surface area (Å²) >= 11 is 0. The normalized spacial score (nSPS) is 7.30. The molecule has 6 N–H and O–H groups in total. The van der Waals surface area contributed by atoms with Crippen molar-refractivity contribution in [3.8, 4) is 0 Å². The molecule has 0 aliphatic carbocycles. The molecule has 0 aromatic heterocycles. The summed E-state index contributed by atoms with van der Waals surface area (Å²) in [5, 5.41) is 46.2. The Bertz CT molecular complexity index is 321. The Morgan fingerprint density at radius 1 is 0.391 bits per heavy atom. The predicted molar refractivity (Wildman–Crippen MR) is 59.7 cm³/mol. The van der Waals surface area contributed by atoms with Crippen LogP contribution in [0.3, 0.4) is 0 Å². The van der Waals surface area contributed by atoms with Crippen LogP contribution in [0.4, 0.5) is 0 Å². The summed E-state index contributed by atoms with van der Waals surface area (Å²) in [6.45, 7) is 0. The van der Waals surface area contributed by atoms with Crippen LogP contribution in [0.5, 0.6) is 0 Å². The molecule has 0 amide bonds. The van der Waals surface area contributed by atoms with Crippen molar-refractivity contribution >= 4 is 35.8 Å². The average molecular weight is 402 g/mol. The fraction of sp³-hybridized carbons (Fsp3) is 0.333. The van der Waals surface area contributed by atoms with Crippen molar-refractivity contribution in [2.45, 2.75) is 19.3 Å². The van der Waals surface area contributed by atoms with Crippen molar-refractivity contribution in [2.75, 3.05) is 0 Å². The minimum Gasteiger partial charge on any atom is -0.481 e. The smallest absolute Gasteiger partial charge is 0.314 e. The van der Waals surface area contributed by atoms with Gasteiger partial charge in [0.25, 0.3) is 0 Å². The van der Waals surface area contributed by atoms with Crippen LogP contribution >= 0.6 is 0 Å². The number of hydrogen-bond acceptors (Lipinski definition) is 6.